The molecule has 0 amide bonds. The molecule has 17 heavy (non-hydrogen) atoms. The van der Waals surface area contributed by atoms with Crippen LogP contribution in [0.2, 0.25) is 0 Å². The van der Waals surface area contributed by atoms with Crippen molar-refractivity contribution < 1.29 is 4.74 Å². The quantitative estimate of drug-likeness (QED) is 0.704. The minimum Gasteiger partial charge on any atom is -0.370 e. The zero-order valence-electron chi connectivity index (χ0n) is 11.1. The average Bonchev–Trinajstić information content (AvgIpc) is 2.89. The summed E-state index contributed by atoms with van der Waals surface area (Å²) in [5.74, 6) is 0. The first-order valence-corrected chi connectivity index (χ1v) is 6.94. The molecule has 1 atom stereocenters. The molecule has 0 bridgehead atoms. The van der Waals surface area contributed by atoms with E-state index in [2.05, 4.69) is 24.8 Å². The first kappa shape index (κ1) is 12.9. The van der Waals surface area contributed by atoms with Crippen LogP contribution in [0, 0.1) is 11.3 Å². The van der Waals surface area contributed by atoms with Crippen molar-refractivity contribution in [2.45, 2.75) is 70.1 Å². The van der Waals surface area contributed by atoms with Gasteiger partial charge in [-0.3, -0.25) is 4.90 Å². The van der Waals surface area contributed by atoms with Gasteiger partial charge in [-0.1, -0.05) is 12.8 Å². The van der Waals surface area contributed by atoms with Crippen LogP contribution in [0.5, 0.6) is 0 Å². The number of rotatable bonds is 4. The number of nitriles is 1. The maximum atomic E-state index is 8.83. The molecule has 1 aliphatic carbocycles. The summed E-state index contributed by atoms with van der Waals surface area (Å²) in [6, 6.07) is 2.68. The lowest BCUT2D eigenvalue weighted by atomic mass is 9.98. The Morgan fingerprint density at radius 2 is 2.06 bits per heavy atom. The van der Waals surface area contributed by atoms with Gasteiger partial charge in [0.05, 0.1) is 24.3 Å². The first-order valence-electron chi connectivity index (χ1n) is 6.94. The molecule has 0 aromatic heterocycles. The van der Waals surface area contributed by atoms with E-state index >= 15 is 0 Å². The van der Waals surface area contributed by atoms with Crippen LogP contribution in [-0.2, 0) is 4.74 Å². The second kappa shape index (κ2) is 5.37. The lowest BCUT2D eigenvalue weighted by Crippen LogP contribution is -2.38. The van der Waals surface area contributed by atoms with Crippen molar-refractivity contribution in [2.75, 3.05) is 13.1 Å². The van der Waals surface area contributed by atoms with E-state index < -0.39 is 0 Å². The molecule has 0 aromatic rings. The maximum Gasteiger partial charge on any atom is 0.0869 e. The zero-order valence-corrected chi connectivity index (χ0v) is 11.1. The lowest BCUT2D eigenvalue weighted by Gasteiger charge is -2.29. The van der Waals surface area contributed by atoms with Gasteiger partial charge < -0.3 is 4.74 Å². The Morgan fingerprint density at radius 3 is 2.65 bits per heavy atom. The molecule has 1 saturated heterocycles. The molecule has 0 radical (unpaired) electrons. The molecule has 1 saturated carbocycles. The van der Waals surface area contributed by atoms with Gasteiger partial charge in [0.1, 0.15) is 0 Å². The van der Waals surface area contributed by atoms with Gasteiger partial charge in [-0.05, 0) is 39.5 Å². The van der Waals surface area contributed by atoms with Gasteiger partial charge in [0.15, 0.2) is 0 Å². The first-order chi connectivity index (χ1) is 8.15. The summed E-state index contributed by atoms with van der Waals surface area (Å²) in [6.45, 7) is 5.74. The van der Waals surface area contributed by atoms with Crippen LogP contribution in [0.15, 0.2) is 0 Å². The molecular weight excluding hydrogens is 212 g/mol. The summed E-state index contributed by atoms with van der Waals surface area (Å²) in [5.41, 5.74) is 0.222. The Labute approximate surface area is 105 Å². The second-order valence-corrected chi connectivity index (χ2v) is 5.85. The largest absolute Gasteiger partial charge is 0.370 e. The van der Waals surface area contributed by atoms with Gasteiger partial charge in [0.2, 0.25) is 0 Å². The van der Waals surface area contributed by atoms with E-state index in [0.29, 0.717) is 18.7 Å². The highest BCUT2D eigenvalue weighted by molar-refractivity contribution is 4.94. The van der Waals surface area contributed by atoms with Gasteiger partial charge in [0.25, 0.3) is 0 Å². The lowest BCUT2D eigenvalue weighted by molar-refractivity contribution is -0.0487. The summed E-state index contributed by atoms with van der Waals surface area (Å²) in [6.07, 6.45) is 7.93. The standard InChI is InChI=1S/C14H24N2O/c1-12(2)16(10-9-15)11-13-5-8-14(17-13)6-3-4-7-14/h12-13H,3-8,10-11H2,1-2H3. The van der Waals surface area contributed by atoms with Crippen LogP contribution in [0.3, 0.4) is 0 Å². The Balaban J connectivity index is 1.86. The van der Waals surface area contributed by atoms with Crippen molar-refractivity contribution >= 4 is 0 Å². The van der Waals surface area contributed by atoms with Crippen LogP contribution in [-0.4, -0.2) is 35.7 Å². The number of ether oxygens (including phenoxy) is 1. The Bertz CT molecular complexity index is 289. The van der Waals surface area contributed by atoms with Gasteiger partial charge >= 0.3 is 0 Å². The number of hydrogen-bond donors (Lipinski definition) is 0. The smallest absolute Gasteiger partial charge is 0.0869 e. The molecule has 0 aromatic carbocycles. The SMILES string of the molecule is CC(C)N(CC#N)CC1CCC2(CCCC2)O1. The molecule has 3 heteroatoms. The van der Waals surface area contributed by atoms with Crippen LogP contribution in [0.4, 0.5) is 0 Å². The van der Waals surface area contributed by atoms with Crippen LogP contribution in [0.1, 0.15) is 52.4 Å². The second-order valence-electron chi connectivity index (χ2n) is 5.85. The monoisotopic (exact) mass is 236 g/mol. The molecule has 2 rings (SSSR count). The highest BCUT2D eigenvalue weighted by atomic mass is 16.5. The van der Waals surface area contributed by atoms with Gasteiger partial charge in [-0.2, -0.15) is 5.26 Å². The van der Waals surface area contributed by atoms with Crippen molar-refractivity contribution in [3.8, 4) is 6.07 Å². The average molecular weight is 236 g/mol. The van der Waals surface area contributed by atoms with E-state index in [4.69, 9.17) is 10.00 Å². The Morgan fingerprint density at radius 1 is 1.35 bits per heavy atom. The minimum absolute atomic E-state index is 0.222. The van der Waals surface area contributed by atoms with Crippen molar-refractivity contribution in [3.63, 3.8) is 0 Å². The van der Waals surface area contributed by atoms with Crippen LogP contribution in [0.25, 0.3) is 0 Å². The van der Waals surface area contributed by atoms with Gasteiger partial charge in [0, 0.05) is 12.6 Å². The van der Waals surface area contributed by atoms with Gasteiger partial charge in [-0.25, -0.2) is 0 Å². The summed E-state index contributed by atoms with van der Waals surface area (Å²) in [5, 5.41) is 8.83. The molecular formula is C14H24N2O. The van der Waals surface area contributed by atoms with E-state index in [9.17, 15) is 0 Å². The summed E-state index contributed by atoms with van der Waals surface area (Å²) >= 11 is 0. The molecule has 1 spiro atoms. The molecule has 1 unspecified atom stereocenters. The fourth-order valence-electron chi connectivity index (χ4n) is 3.22. The third kappa shape index (κ3) is 3.00. The number of hydrogen-bond acceptors (Lipinski definition) is 3. The summed E-state index contributed by atoms with van der Waals surface area (Å²) in [4.78, 5) is 2.22. The van der Waals surface area contributed by atoms with E-state index in [1.807, 2.05) is 0 Å². The molecule has 1 aliphatic heterocycles. The molecule has 0 N–H and O–H groups in total. The normalized spacial score (nSPS) is 27.1. The van der Waals surface area contributed by atoms with Crippen molar-refractivity contribution in [3.05, 3.63) is 0 Å². The summed E-state index contributed by atoms with van der Waals surface area (Å²) < 4.78 is 6.29. The highest BCUT2D eigenvalue weighted by Crippen LogP contribution is 2.43. The van der Waals surface area contributed by atoms with Crippen molar-refractivity contribution in [2.24, 2.45) is 0 Å². The highest BCUT2D eigenvalue weighted by Gasteiger charge is 2.42. The Hall–Kier alpha value is -0.590. The van der Waals surface area contributed by atoms with E-state index in [1.54, 1.807) is 0 Å². The van der Waals surface area contributed by atoms with Crippen molar-refractivity contribution in [1.82, 2.24) is 4.90 Å². The van der Waals surface area contributed by atoms with Crippen LogP contribution >= 0.6 is 0 Å². The topological polar surface area (TPSA) is 36.3 Å². The predicted molar refractivity (Wildman–Crippen MR) is 67.6 cm³/mol. The zero-order chi connectivity index (χ0) is 12.3. The summed E-state index contributed by atoms with van der Waals surface area (Å²) in [7, 11) is 0. The molecule has 3 nitrogen and oxygen atoms in total. The maximum absolute atomic E-state index is 8.83. The molecule has 2 aliphatic rings. The van der Waals surface area contributed by atoms with Crippen LogP contribution < -0.4 is 0 Å². The van der Waals surface area contributed by atoms with E-state index in [1.165, 1.54) is 38.5 Å². The molecule has 96 valence electrons. The molecule has 1 heterocycles. The van der Waals surface area contributed by atoms with Gasteiger partial charge in [-0.15, -0.1) is 0 Å². The van der Waals surface area contributed by atoms with Crippen molar-refractivity contribution in [1.29, 1.82) is 5.26 Å². The molecule has 2 fully saturated rings. The van der Waals surface area contributed by atoms with E-state index in [0.717, 1.165) is 6.54 Å². The fourth-order valence-corrected chi connectivity index (χ4v) is 3.22. The predicted octanol–water partition coefficient (Wildman–Crippen LogP) is 2.71. The van der Waals surface area contributed by atoms with E-state index in [-0.39, 0.29) is 5.60 Å². The Kier molecular flexibility index (Phi) is 4.06. The third-order valence-corrected chi connectivity index (χ3v) is 4.30. The number of nitrogens with zero attached hydrogens (tertiary/aromatic N) is 2. The third-order valence-electron chi connectivity index (χ3n) is 4.30. The fraction of sp³-hybridized carbons (Fsp3) is 0.929. The minimum atomic E-state index is 0.222.